The molecule has 2 rings (SSSR count). The van der Waals surface area contributed by atoms with E-state index in [0.29, 0.717) is 10.2 Å². The molecule has 0 saturated carbocycles. The molecule has 110 valence electrons. The van der Waals surface area contributed by atoms with E-state index in [9.17, 15) is 18.0 Å². The van der Waals surface area contributed by atoms with Crippen molar-refractivity contribution in [3.63, 3.8) is 0 Å². The highest BCUT2D eigenvalue weighted by molar-refractivity contribution is 9.10. The minimum absolute atomic E-state index is 0.0912. The van der Waals surface area contributed by atoms with Crippen molar-refractivity contribution < 1.29 is 18.0 Å². The van der Waals surface area contributed by atoms with Crippen LogP contribution in [0.4, 0.5) is 24.7 Å². The molecule has 0 aliphatic rings. The molecule has 1 amide bonds. The average molecular weight is 360 g/mol. The van der Waals surface area contributed by atoms with E-state index in [2.05, 4.69) is 26.2 Å². The summed E-state index contributed by atoms with van der Waals surface area (Å²) in [4.78, 5) is 15.8. The first-order valence-corrected chi connectivity index (χ1v) is 6.46. The van der Waals surface area contributed by atoms with Crippen LogP contribution in [0.5, 0.6) is 0 Å². The van der Waals surface area contributed by atoms with Crippen molar-refractivity contribution in [2.75, 3.05) is 11.1 Å². The molecule has 1 aromatic carbocycles. The molecule has 0 atom stereocenters. The molecule has 1 aromatic heterocycles. The van der Waals surface area contributed by atoms with Gasteiger partial charge in [-0.2, -0.15) is 13.2 Å². The van der Waals surface area contributed by atoms with Gasteiger partial charge in [-0.25, -0.2) is 4.98 Å². The van der Waals surface area contributed by atoms with Crippen molar-refractivity contribution >= 4 is 33.3 Å². The molecule has 0 fully saturated rings. The molecule has 21 heavy (non-hydrogen) atoms. The zero-order valence-electron chi connectivity index (χ0n) is 10.4. The predicted molar refractivity (Wildman–Crippen MR) is 75.7 cm³/mol. The third-order valence-corrected chi connectivity index (χ3v) is 3.17. The number of amides is 1. The maximum absolute atomic E-state index is 12.4. The number of nitrogens with one attached hydrogen (secondary N) is 1. The van der Waals surface area contributed by atoms with Crippen LogP contribution in [0.3, 0.4) is 0 Å². The zero-order chi connectivity index (χ0) is 15.6. The number of nitrogens with zero attached hydrogens (tertiary/aromatic N) is 1. The number of nitrogen functional groups attached to an aromatic ring is 1. The molecule has 1 heterocycles. The second-order valence-corrected chi connectivity index (χ2v) is 4.98. The molecule has 0 saturated heterocycles. The van der Waals surface area contributed by atoms with Crippen LogP contribution < -0.4 is 11.1 Å². The van der Waals surface area contributed by atoms with Gasteiger partial charge in [-0.1, -0.05) is 0 Å². The Morgan fingerprint density at radius 2 is 1.86 bits per heavy atom. The fraction of sp³-hybridized carbons (Fsp3) is 0.0769. The van der Waals surface area contributed by atoms with Crippen molar-refractivity contribution in [2.24, 2.45) is 0 Å². The number of carbonyl (C=O) groups is 1. The predicted octanol–water partition coefficient (Wildman–Crippen LogP) is 3.70. The van der Waals surface area contributed by atoms with Gasteiger partial charge in [0, 0.05) is 5.56 Å². The van der Waals surface area contributed by atoms with Crippen LogP contribution in [0.15, 0.2) is 41.0 Å². The number of alkyl halides is 3. The molecule has 0 spiro atoms. The average Bonchev–Trinajstić information content (AvgIpc) is 2.41. The van der Waals surface area contributed by atoms with Crippen molar-refractivity contribution in [1.29, 1.82) is 0 Å². The van der Waals surface area contributed by atoms with Crippen molar-refractivity contribution in [3.8, 4) is 0 Å². The normalized spacial score (nSPS) is 11.2. The Kier molecular flexibility index (Phi) is 4.17. The molecular weight excluding hydrogens is 351 g/mol. The van der Waals surface area contributed by atoms with Crippen LogP contribution in [-0.2, 0) is 6.18 Å². The third-order valence-electron chi connectivity index (χ3n) is 2.57. The first-order valence-electron chi connectivity index (χ1n) is 5.67. The van der Waals surface area contributed by atoms with Crippen LogP contribution in [0.25, 0.3) is 0 Å². The first kappa shape index (κ1) is 15.3. The van der Waals surface area contributed by atoms with E-state index < -0.39 is 17.6 Å². The number of hydrogen-bond acceptors (Lipinski definition) is 3. The van der Waals surface area contributed by atoms with Crippen LogP contribution in [0.2, 0.25) is 0 Å². The molecule has 0 aliphatic heterocycles. The van der Waals surface area contributed by atoms with Crippen LogP contribution in [0, 0.1) is 0 Å². The van der Waals surface area contributed by atoms with Gasteiger partial charge in [0.2, 0.25) is 0 Å². The molecule has 0 aliphatic carbocycles. The molecule has 3 N–H and O–H groups in total. The lowest BCUT2D eigenvalue weighted by molar-refractivity contribution is -0.137. The summed E-state index contributed by atoms with van der Waals surface area (Å²) in [5.41, 5.74) is 5.20. The zero-order valence-corrected chi connectivity index (χ0v) is 12.0. The van der Waals surface area contributed by atoms with Gasteiger partial charge in [-0.15, -0.1) is 0 Å². The molecular formula is C13H9BrF3N3O. The van der Waals surface area contributed by atoms with E-state index in [0.717, 1.165) is 24.3 Å². The number of benzene rings is 1. The standard InChI is InChI=1S/C13H9BrF3N3O/c14-10-5-9(18)6-19-11(10)20-12(21)7-1-3-8(4-2-7)13(15,16)17/h1-6H,18H2,(H,19,20,21). The Balaban J connectivity index is 2.17. The van der Waals surface area contributed by atoms with Gasteiger partial charge in [0.1, 0.15) is 5.82 Å². The summed E-state index contributed by atoms with van der Waals surface area (Å²) in [5.74, 6) is -0.337. The summed E-state index contributed by atoms with van der Waals surface area (Å²) < 4.78 is 37.8. The van der Waals surface area contributed by atoms with E-state index in [-0.39, 0.29) is 11.4 Å². The van der Waals surface area contributed by atoms with Crippen molar-refractivity contribution in [2.45, 2.75) is 6.18 Å². The van der Waals surface area contributed by atoms with Crippen molar-refractivity contribution in [1.82, 2.24) is 4.98 Å². The summed E-state index contributed by atoms with van der Waals surface area (Å²) >= 11 is 3.18. The summed E-state index contributed by atoms with van der Waals surface area (Å²) in [6, 6.07) is 5.45. The smallest absolute Gasteiger partial charge is 0.397 e. The Bertz CT molecular complexity index is 671. The summed E-state index contributed by atoms with van der Waals surface area (Å²) in [5, 5.41) is 2.48. The highest BCUT2D eigenvalue weighted by atomic mass is 79.9. The number of rotatable bonds is 2. The number of pyridine rings is 1. The van der Waals surface area contributed by atoms with E-state index >= 15 is 0 Å². The van der Waals surface area contributed by atoms with Crippen LogP contribution >= 0.6 is 15.9 Å². The molecule has 8 heteroatoms. The van der Waals surface area contributed by atoms with E-state index in [1.165, 1.54) is 6.20 Å². The van der Waals surface area contributed by atoms with Gasteiger partial charge in [-0.3, -0.25) is 4.79 Å². The lowest BCUT2D eigenvalue weighted by atomic mass is 10.1. The molecule has 2 aromatic rings. The largest absolute Gasteiger partial charge is 0.416 e. The van der Waals surface area contributed by atoms with Gasteiger partial charge < -0.3 is 11.1 Å². The third kappa shape index (κ3) is 3.72. The maximum Gasteiger partial charge on any atom is 0.416 e. The quantitative estimate of drug-likeness (QED) is 0.858. The number of nitrogens with two attached hydrogens (primary N) is 1. The molecule has 0 unspecified atom stereocenters. The number of aromatic nitrogens is 1. The lowest BCUT2D eigenvalue weighted by Gasteiger charge is -2.09. The fourth-order valence-electron chi connectivity index (χ4n) is 1.53. The fourth-order valence-corrected chi connectivity index (χ4v) is 2.00. The highest BCUT2D eigenvalue weighted by Gasteiger charge is 2.30. The van der Waals surface area contributed by atoms with Crippen LogP contribution in [-0.4, -0.2) is 10.9 Å². The number of halogens is 4. The summed E-state index contributed by atoms with van der Waals surface area (Å²) in [6.07, 6.45) is -3.08. The van der Waals surface area contributed by atoms with Gasteiger partial charge in [0.25, 0.3) is 5.91 Å². The minimum atomic E-state index is -4.43. The van der Waals surface area contributed by atoms with E-state index in [4.69, 9.17) is 5.73 Å². The summed E-state index contributed by atoms with van der Waals surface area (Å²) in [6.45, 7) is 0. The number of anilines is 2. The van der Waals surface area contributed by atoms with Gasteiger partial charge in [-0.05, 0) is 46.3 Å². The second kappa shape index (κ2) is 5.72. The van der Waals surface area contributed by atoms with Crippen molar-refractivity contribution in [3.05, 3.63) is 52.1 Å². The van der Waals surface area contributed by atoms with Gasteiger partial charge >= 0.3 is 6.18 Å². The lowest BCUT2D eigenvalue weighted by Crippen LogP contribution is -2.14. The van der Waals surface area contributed by atoms with Gasteiger partial charge in [0.15, 0.2) is 0 Å². The Morgan fingerprint density at radius 1 is 1.24 bits per heavy atom. The molecule has 0 radical (unpaired) electrons. The number of hydrogen-bond donors (Lipinski definition) is 2. The Labute approximate surface area is 126 Å². The van der Waals surface area contributed by atoms with Crippen LogP contribution in [0.1, 0.15) is 15.9 Å². The van der Waals surface area contributed by atoms with Gasteiger partial charge in [0.05, 0.1) is 21.9 Å². The second-order valence-electron chi connectivity index (χ2n) is 4.13. The molecule has 4 nitrogen and oxygen atoms in total. The number of carbonyl (C=O) groups excluding carboxylic acids is 1. The summed E-state index contributed by atoms with van der Waals surface area (Å²) in [7, 11) is 0. The van der Waals surface area contributed by atoms with E-state index in [1.807, 2.05) is 0 Å². The topological polar surface area (TPSA) is 68.0 Å². The SMILES string of the molecule is Nc1cnc(NC(=O)c2ccc(C(F)(F)F)cc2)c(Br)c1. The minimum Gasteiger partial charge on any atom is -0.397 e. The maximum atomic E-state index is 12.4. The van der Waals surface area contributed by atoms with E-state index in [1.54, 1.807) is 6.07 Å². The highest BCUT2D eigenvalue weighted by Crippen LogP contribution is 2.29. The molecule has 0 bridgehead atoms. The Morgan fingerprint density at radius 3 is 2.38 bits per heavy atom. The Hall–Kier alpha value is -2.09. The first-order chi connectivity index (χ1) is 9.77. The monoisotopic (exact) mass is 359 g/mol.